The molecule has 0 aliphatic heterocycles. The van der Waals surface area contributed by atoms with Crippen LogP contribution in [0.4, 0.5) is 17.1 Å². The van der Waals surface area contributed by atoms with E-state index in [-0.39, 0.29) is 5.41 Å². The molecule has 0 radical (unpaired) electrons. The Morgan fingerprint density at radius 1 is 0.484 bits per heavy atom. The van der Waals surface area contributed by atoms with Crippen molar-refractivity contribution >= 4 is 61.2 Å². The van der Waals surface area contributed by atoms with Crippen LogP contribution in [0.1, 0.15) is 61.1 Å². The van der Waals surface area contributed by atoms with E-state index in [1.807, 2.05) is 0 Å². The van der Waals surface area contributed by atoms with Gasteiger partial charge in [0.2, 0.25) is 0 Å². The number of furan rings is 1. The first-order valence-electron chi connectivity index (χ1n) is 21.9. The molecule has 296 valence electrons. The van der Waals surface area contributed by atoms with Crippen molar-refractivity contribution in [3.63, 3.8) is 0 Å². The lowest BCUT2D eigenvalue weighted by Crippen LogP contribution is -2.15. The van der Waals surface area contributed by atoms with E-state index in [4.69, 9.17) is 4.42 Å². The predicted molar refractivity (Wildman–Crippen MR) is 262 cm³/mol. The number of benzene rings is 9. The van der Waals surface area contributed by atoms with E-state index in [0.717, 1.165) is 34.8 Å². The van der Waals surface area contributed by atoms with Crippen LogP contribution in [0.5, 0.6) is 0 Å². The third kappa shape index (κ3) is 5.71. The summed E-state index contributed by atoms with van der Waals surface area (Å²) in [5.41, 5.74) is 18.3. The van der Waals surface area contributed by atoms with E-state index in [0.29, 0.717) is 5.92 Å². The van der Waals surface area contributed by atoms with Crippen LogP contribution in [0.15, 0.2) is 199 Å². The van der Waals surface area contributed by atoms with Crippen LogP contribution in [0.3, 0.4) is 0 Å². The van der Waals surface area contributed by atoms with E-state index in [2.05, 4.69) is 226 Å². The van der Waals surface area contributed by atoms with Crippen molar-refractivity contribution < 1.29 is 4.42 Å². The molecule has 9 aromatic carbocycles. The molecule has 10 aromatic rings. The van der Waals surface area contributed by atoms with Crippen LogP contribution in [-0.4, -0.2) is 0 Å². The molecule has 0 saturated heterocycles. The van der Waals surface area contributed by atoms with E-state index in [1.165, 1.54) is 88.1 Å². The molecule has 2 aliphatic rings. The van der Waals surface area contributed by atoms with Gasteiger partial charge in [0.05, 0.1) is 5.69 Å². The molecule has 0 amide bonds. The van der Waals surface area contributed by atoms with Gasteiger partial charge in [-0.25, -0.2) is 0 Å². The summed E-state index contributed by atoms with van der Waals surface area (Å²) in [6.45, 7) is 7.05. The lowest BCUT2D eigenvalue weighted by atomic mass is 9.81. The van der Waals surface area contributed by atoms with Crippen molar-refractivity contribution in [2.24, 2.45) is 0 Å². The Balaban J connectivity index is 1.00. The summed E-state index contributed by atoms with van der Waals surface area (Å²) in [5, 5.41) is 6.30. The van der Waals surface area contributed by atoms with Gasteiger partial charge in [0.25, 0.3) is 0 Å². The van der Waals surface area contributed by atoms with E-state index >= 15 is 0 Å². The number of fused-ring (bicyclic) bond motifs is 9. The van der Waals surface area contributed by atoms with Crippen LogP contribution in [-0.2, 0) is 5.41 Å². The third-order valence-corrected chi connectivity index (χ3v) is 13.7. The molecule has 12 rings (SSSR count). The lowest BCUT2D eigenvalue weighted by molar-refractivity contribution is 0.588. The maximum absolute atomic E-state index is 6.53. The second-order valence-electron chi connectivity index (χ2n) is 17.7. The van der Waals surface area contributed by atoms with E-state index in [9.17, 15) is 0 Å². The normalized spacial score (nSPS) is 15.0. The summed E-state index contributed by atoms with van der Waals surface area (Å²) in [7, 11) is 0. The Morgan fingerprint density at radius 2 is 1.16 bits per heavy atom. The minimum Gasteiger partial charge on any atom is -0.456 e. The average molecular weight is 796 g/mol. The highest BCUT2D eigenvalue weighted by atomic mass is 16.3. The maximum atomic E-state index is 6.53. The number of nitrogens with zero attached hydrogens (tertiary/aromatic N) is 1. The molecule has 62 heavy (non-hydrogen) atoms. The van der Waals surface area contributed by atoms with Crippen molar-refractivity contribution in [3.8, 4) is 33.4 Å². The first kappa shape index (κ1) is 36.4. The first-order valence-corrected chi connectivity index (χ1v) is 21.9. The molecule has 0 saturated carbocycles. The maximum Gasteiger partial charge on any atom is 0.135 e. The van der Waals surface area contributed by atoms with Gasteiger partial charge in [0.15, 0.2) is 0 Å². The summed E-state index contributed by atoms with van der Waals surface area (Å²) in [6.07, 6.45) is 3.21. The fraction of sp³-hybridized carbons (Fsp3) is 0.100. The Morgan fingerprint density at radius 3 is 2.05 bits per heavy atom. The number of hydrogen-bond acceptors (Lipinski definition) is 2. The zero-order valence-electron chi connectivity index (χ0n) is 35.2. The summed E-state index contributed by atoms with van der Waals surface area (Å²) in [6, 6.07) is 71.4. The number of anilines is 3. The molecule has 0 fully saturated rings. The highest BCUT2D eigenvalue weighted by molar-refractivity contribution is 6.12. The molecule has 0 spiro atoms. The van der Waals surface area contributed by atoms with Gasteiger partial charge >= 0.3 is 0 Å². The zero-order chi connectivity index (χ0) is 41.5. The standard InChI is InChI=1S/C60H45NO/c1-38-34-43(37-58-59(38)53-20-8-11-25-57(53)62-58)48-18-7-10-24-56(48)61(44-30-26-40(27-31-44)47-21-13-22-49-46-17-5-4-14-39(46)28-32-50(47)49)45-16-12-15-41(35-45)42-29-33-52-51-19-6-9-23-54(51)60(2,3)55(52)36-42/h4-33,35-38H,34H2,1-3H3. The molecular weight excluding hydrogens is 751 g/mol. The van der Waals surface area contributed by atoms with E-state index in [1.54, 1.807) is 0 Å². The second kappa shape index (κ2) is 14.1. The highest BCUT2D eigenvalue weighted by Gasteiger charge is 2.35. The van der Waals surface area contributed by atoms with Crippen molar-refractivity contribution in [3.05, 3.63) is 222 Å². The molecule has 2 heteroatoms. The number of hydrogen-bond donors (Lipinski definition) is 0. The Hall–Kier alpha value is -7.42. The van der Waals surface area contributed by atoms with Gasteiger partial charge in [-0.05, 0) is 133 Å². The fourth-order valence-corrected chi connectivity index (χ4v) is 10.7. The number of allylic oxidation sites excluding steroid dienone is 1. The summed E-state index contributed by atoms with van der Waals surface area (Å²) >= 11 is 0. The fourth-order valence-electron chi connectivity index (χ4n) is 10.7. The molecular formula is C60H45NO. The van der Waals surface area contributed by atoms with Crippen LogP contribution >= 0.6 is 0 Å². The Labute approximate surface area is 363 Å². The van der Waals surface area contributed by atoms with Crippen molar-refractivity contribution in [2.75, 3.05) is 4.90 Å². The van der Waals surface area contributed by atoms with Gasteiger partial charge in [0.1, 0.15) is 11.3 Å². The largest absolute Gasteiger partial charge is 0.456 e. The second-order valence-corrected chi connectivity index (χ2v) is 17.7. The first-order chi connectivity index (χ1) is 30.4. The minimum atomic E-state index is -0.0754. The molecule has 1 heterocycles. The smallest absolute Gasteiger partial charge is 0.135 e. The summed E-state index contributed by atoms with van der Waals surface area (Å²) in [5.74, 6) is 1.28. The van der Waals surface area contributed by atoms with Gasteiger partial charge in [-0.2, -0.15) is 0 Å². The van der Waals surface area contributed by atoms with Crippen LogP contribution in [0.2, 0.25) is 0 Å². The third-order valence-electron chi connectivity index (χ3n) is 13.7. The van der Waals surface area contributed by atoms with E-state index < -0.39 is 0 Å². The van der Waals surface area contributed by atoms with Gasteiger partial charge in [-0.15, -0.1) is 0 Å². The molecule has 2 nitrogen and oxygen atoms in total. The zero-order valence-corrected chi connectivity index (χ0v) is 35.2. The lowest BCUT2D eigenvalue weighted by Gasteiger charge is -2.30. The van der Waals surface area contributed by atoms with Crippen LogP contribution in [0.25, 0.3) is 77.5 Å². The van der Waals surface area contributed by atoms with Crippen molar-refractivity contribution in [2.45, 2.75) is 38.5 Å². The van der Waals surface area contributed by atoms with Gasteiger partial charge in [0, 0.05) is 33.3 Å². The Kier molecular flexibility index (Phi) is 8.27. The van der Waals surface area contributed by atoms with Gasteiger partial charge in [-0.3, -0.25) is 0 Å². The molecule has 1 unspecified atom stereocenters. The molecule has 1 aromatic heterocycles. The molecule has 1 atom stereocenters. The average Bonchev–Trinajstić information content (AvgIpc) is 3.81. The highest BCUT2D eigenvalue weighted by Crippen LogP contribution is 2.51. The van der Waals surface area contributed by atoms with Crippen molar-refractivity contribution in [1.29, 1.82) is 0 Å². The molecule has 0 bridgehead atoms. The molecule has 2 aliphatic carbocycles. The summed E-state index contributed by atoms with van der Waals surface area (Å²) in [4.78, 5) is 2.45. The number of rotatable bonds is 6. The monoisotopic (exact) mass is 795 g/mol. The molecule has 0 N–H and O–H groups in total. The Bertz CT molecular complexity index is 3440. The van der Waals surface area contributed by atoms with Crippen LogP contribution < -0.4 is 4.90 Å². The minimum absolute atomic E-state index is 0.0754. The van der Waals surface area contributed by atoms with Gasteiger partial charge < -0.3 is 9.32 Å². The van der Waals surface area contributed by atoms with Crippen LogP contribution in [0, 0.1) is 0 Å². The SMILES string of the molecule is CC1CC(c2ccccc2N(c2ccc(-c3cccc4c3ccc3ccccc34)cc2)c2cccc(-c3ccc4c(c3)C(C)(C)c3ccccc3-4)c2)=Cc2oc3ccccc3c21. The van der Waals surface area contributed by atoms with Crippen molar-refractivity contribution in [1.82, 2.24) is 0 Å². The quantitative estimate of drug-likeness (QED) is 0.156. The predicted octanol–water partition coefficient (Wildman–Crippen LogP) is 16.9. The summed E-state index contributed by atoms with van der Waals surface area (Å²) < 4.78 is 6.53. The number of para-hydroxylation sites is 2. The van der Waals surface area contributed by atoms with Gasteiger partial charge in [-0.1, -0.05) is 172 Å². The topological polar surface area (TPSA) is 16.4 Å².